The van der Waals surface area contributed by atoms with Gasteiger partial charge in [-0.15, -0.1) is 0 Å². The van der Waals surface area contributed by atoms with Crippen molar-refractivity contribution in [2.75, 3.05) is 31.6 Å². The number of amides is 1. The number of anilines is 1. The zero-order valence-corrected chi connectivity index (χ0v) is 19.3. The molecule has 4 rings (SSSR count). The molecule has 1 N–H and O–H groups in total. The van der Waals surface area contributed by atoms with Crippen LogP contribution >= 0.6 is 23.4 Å². The summed E-state index contributed by atoms with van der Waals surface area (Å²) in [7, 11) is -3.66. The molecule has 1 aromatic heterocycles. The molecule has 1 fully saturated rings. The predicted molar refractivity (Wildman–Crippen MR) is 124 cm³/mol. The van der Waals surface area contributed by atoms with Gasteiger partial charge in [-0.1, -0.05) is 29.4 Å². The number of carbonyl (C=O) groups excluding carboxylic acids is 1. The lowest BCUT2D eigenvalue weighted by Gasteiger charge is -2.26. The fourth-order valence-corrected chi connectivity index (χ4v) is 5.59. The third-order valence-corrected chi connectivity index (χ3v) is 7.92. The van der Waals surface area contributed by atoms with Gasteiger partial charge >= 0.3 is 0 Å². The third-order valence-electron chi connectivity index (χ3n) is 4.74. The summed E-state index contributed by atoms with van der Waals surface area (Å²) in [6.07, 6.45) is 1.62. The molecule has 10 heteroatoms. The Balaban J connectivity index is 1.54. The number of halogens is 1. The number of nitrogens with zero attached hydrogens (tertiary/aromatic N) is 2. The highest BCUT2D eigenvalue weighted by Crippen LogP contribution is 2.30. The monoisotopic (exact) mass is 489 g/mol. The van der Waals surface area contributed by atoms with E-state index in [1.165, 1.54) is 28.2 Å². The molecular weight excluding hydrogens is 470 g/mol. The average molecular weight is 490 g/mol. The molecule has 0 aliphatic carbocycles. The summed E-state index contributed by atoms with van der Waals surface area (Å²) in [6, 6.07) is 16.8. The number of ether oxygens (including phenoxy) is 1. The summed E-state index contributed by atoms with van der Waals surface area (Å²) in [5, 5.41) is 3.94. The highest BCUT2D eigenvalue weighted by Gasteiger charge is 2.26. The van der Waals surface area contributed by atoms with E-state index in [-0.39, 0.29) is 10.8 Å². The lowest BCUT2D eigenvalue weighted by Crippen LogP contribution is -2.40. The van der Waals surface area contributed by atoms with Crippen LogP contribution in [-0.4, -0.2) is 49.9 Å². The molecule has 0 spiro atoms. The highest BCUT2D eigenvalue weighted by molar-refractivity contribution is 7.99. The molecule has 1 amide bonds. The maximum Gasteiger partial charge on any atom is 0.258 e. The maximum atomic E-state index is 13.0. The number of hydrogen-bond acceptors (Lipinski definition) is 6. The quantitative estimate of drug-likeness (QED) is 0.559. The lowest BCUT2D eigenvalue weighted by atomic mass is 10.2. The van der Waals surface area contributed by atoms with Gasteiger partial charge in [0, 0.05) is 34.9 Å². The van der Waals surface area contributed by atoms with Crippen molar-refractivity contribution >= 4 is 45.0 Å². The van der Waals surface area contributed by atoms with Crippen molar-refractivity contribution < 1.29 is 17.9 Å². The van der Waals surface area contributed by atoms with Crippen LogP contribution in [0.3, 0.4) is 0 Å². The van der Waals surface area contributed by atoms with E-state index in [1.807, 2.05) is 12.1 Å². The maximum absolute atomic E-state index is 13.0. The van der Waals surface area contributed by atoms with Gasteiger partial charge in [0.05, 0.1) is 23.7 Å². The SMILES string of the molecule is O=C(Nc1cccc(S(=O)(=O)N2CCOCC2)c1)c1cccnc1Sc1ccc(Cl)cc1. The number of benzene rings is 2. The van der Waals surface area contributed by atoms with E-state index in [2.05, 4.69) is 10.3 Å². The van der Waals surface area contributed by atoms with Gasteiger partial charge < -0.3 is 10.1 Å². The van der Waals surface area contributed by atoms with E-state index < -0.39 is 10.0 Å². The molecule has 0 atom stereocenters. The third kappa shape index (κ3) is 5.31. The smallest absolute Gasteiger partial charge is 0.258 e. The Morgan fingerprint density at radius 3 is 2.56 bits per heavy atom. The summed E-state index contributed by atoms with van der Waals surface area (Å²) in [6.45, 7) is 1.34. The van der Waals surface area contributed by atoms with Crippen LogP contribution in [0.15, 0.2) is 81.7 Å². The van der Waals surface area contributed by atoms with Crippen molar-refractivity contribution in [2.24, 2.45) is 0 Å². The molecule has 2 aromatic carbocycles. The second kappa shape index (κ2) is 10.0. The number of carbonyl (C=O) groups is 1. The van der Waals surface area contributed by atoms with E-state index in [1.54, 1.807) is 42.6 Å². The molecule has 3 aromatic rings. The second-order valence-electron chi connectivity index (χ2n) is 6.91. The number of hydrogen-bond donors (Lipinski definition) is 1. The van der Waals surface area contributed by atoms with Gasteiger partial charge in [-0.2, -0.15) is 4.31 Å². The fourth-order valence-electron chi connectivity index (χ4n) is 3.13. The van der Waals surface area contributed by atoms with E-state index in [0.29, 0.717) is 47.6 Å². The largest absolute Gasteiger partial charge is 0.379 e. The summed E-state index contributed by atoms with van der Waals surface area (Å²) in [5.74, 6) is -0.379. The van der Waals surface area contributed by atoms with Crippen LogP contribution in [0.2, 0.25) is 5.02 Å². The summed E-state index contributed by atoms with van der Waals surface area (Å²) in [4.78, 5) is 18.3. The average Bonchev–Trinajstić information content (AvgIpc) is 2.81. The van der Waals surface area contributed by atoms with Gasteiger partial charge in [-0.3, -0.25) is 4.79 Å². The Morgan fingerprint density at radius 1 is 1.06 bits per heavy atom. The first kappa shape index (κ1) is 22.8. The van der Waals surface area contributed by atoms with Crippen LogP contribution in [0.5, 0.6) is 0 Å². The van der Waals surface area contributed by atoms with Crippen molar-refractivity contribution in [3.05, 3.63) is 77.4 Å². The predicted octanol–water partition coefficient (Wildman–Crippen LogP) is 4.16. The van der Waals surface area contributed by atoms with Crippen LogP contribution < -0.4 is 5.32 Å². The first-order valence-corrected chi connectivity index (χ1v) is 12.4. The fraction of sp³-hybridized carbons (Fsp3) is 0.182. The van der Waals surface area contributed by atoms with E-state index >= 15 is 0 Å². The van der Waals surface area contributed by atoms with Gasteiger partial charge in [0.15, 0.2) is 0 Å². The van der Waals surface area contributed by atoms with Crippen molar-refractivity contribution in [1.82, 2.24) is 9.29 Å². The van der Waals surface area contributed by atoms with Gasteiger partial charge in [0.2, 0.25) is 10.0 Å². The van der Waals surface area contributed by atoms with E-state index in [0.717, 1.165) is 4.90 Å². The first-order valence-electron chi connectivity index (χ1n) is 9.81. The number of aromatic nitrogens is 1. The normalized spacial score (nSPS) is 14.8. The lowest BCUT2D eigenvalue weighted by molar-refractivity contribution is 0.0730. The highest BCUT2D eigenvalue weighted by atomic mass is 35.5. The Bertz CT molecular complexity index is 1210. The molecule has 0 unspecified atom stereocenters. The summed E-state index contributed by atoms with van der Waals surface area (Å²) >= 11 is 7.28. The van der Waals surface area contributed by atoms with Crippen LogP contribution in [0.4, 0.5) is 5.69 Å². The number of pyridine rings is 1. The summed E-state index contributed by atoms with van der Waals surface area (Å²) in [5.41, 5.74) is 0.768. The van der Waals surface area contributed by atoms with Gasteiger partial charge in [-0.25, -0.2) is 13.4 Å². The standard InChI is InChI=1S/C22H20ClN3O4S2/c23-16-6-8-18(9-7-16)31-22-20(5-2-10-24-22)21(27)25-17-3-1-4-19(15-17)32(28,29)26-11-13-30-14-12-26/h1-10,15H,11-14H2,(H,25,27). The molecule has 7 nitrogen and oxygen atoms in total. The Hall–Kier alpha value is -2.43. The topological polar surface area (TPSA) is 88.6 Å². The Labute approximate surface area is 195 Å². The van der Waals surface area contributed by atoms with Crippen molar-refractivity contribution in [1.29, 1.82) is 0 Å². The minimum Gasteiger partial charge on any atom is -0.379 e. The molecule has 0 bridgehead atoms. The minimum atomic E-state index is -3.66. The molecule has 1 aliphatic rings. The first-order chi connectivity index (χ1) is 15.4. The zero-order chi connectivity index (χ0) is 22.6. The number of sulfonamides is 1. The Kier molecular flexibility index (Phi) is 7.12. The molecule has 0 radical (unpaired) electrons. The zero-order valence-electron chi connectivity index (χ0n) is 16.9. The van der Waals surface area contributed by atoms with Gasteiger partial charge in [0.1, 0.15) is 5.03 Å². The van der Waals surface area contributed by atoms with Crippen LogP contribution in [0.25, 0.3) is 0 Å². The van der Waals surface area contributed by atoms with Crippen molar-refractivity contribution in [3.8, 4) is 0 Å². The molecule has 0 saturated carbocycles. The molecule has 1 saturated heterocycles. The van der Waals surface area contributed by atoms with Crippen molar-refractivity contribution in [2.45, 2.75) is 14.8 Å². The number of nitrogens with one attached hydrogen (secondary N) is 1. The van der Waals surface area contributed by atoms with Crippen LogP contribution in [0, 0.1) is 0 Å². The number of morpholine rings is 1. The van der Waals surface area contributed by atoms with Crippen molar-refractivity contribution in [3.63, 3.8) is 0 Å². The van der Waals surface area contributed by atoms with Gasteiger partial charge in [-0.05, 0) is 54.6 Å². The second-order valence-corrected chi connectivity index (χ2v) is 10.3. The molecule has 2 heterocycles. The molecule has 166 valence electrons. The molecular formula is C22H20ClN3O4S2. The summed E-state index contributed by atoms with van der Waals surface area (Å²) < 4.78 is 32.4. The molecule has 1 aliphatic heterocycles. The Morgan fingerprint density at radius 2 is 1.81 bits per heavy atom. The molecule has 32 heavy (non-hydrogen) atoms. The minimum absolute atomic E-state index is 0.124. The number of rotatable bonds is 6. The van der Waals surface area contributed by atoms with Crippen LogP contribution in [0.1, 0.15) is 10.4 Å². The van der Waals surface area contributed by atoms with E-state index in [9.17, 15) is 13.2 Å². The van der Waals surface area contributed by atoms with Crippen LogP contribution in [-0.2, 0) is 14.8 Å². The van der Waals surface area contributed by atoms with E-state index in [4.69, 9.17) is 16.3 Å². The van der Waals surface area contributed by atoms with Gasteiger partial charge in [0.25, 0.3) is 5.91 Å².